The second kappa shape index (κ2) is 37.7. The molecule has 4 aliphatic heterocycles. The van der Waals surface area contributed by atoms with Crippen molar-refractivity contribution in [1.82, 2.24) is 9.97 Å². The molecule has 0 saturated heterocycles. The predicted octanol–water partition coefficient (Wildman–Crippen LogP) is 26.0. The topological polar surface area (TPSA) is 99.6 Å². The van der Waals surface area contributed by atoms with Gasteiger partial charge in [-0.1, -0.05) is 192 Å². The first kappa shape index (κ1) is 74.8. The zero-order chi connectivity index (χ0) is 69.2. The number of unbranched alkanes of at least 4 members (excludes halogenated alkanes) is 20. The first-order valence-corrected chi connectivity index (χ1v) is 45.1. The predicted molar refractivity (Wildman–Crippen MR) is 419 cm³/mol. The number of thiophene rings is 6. The zero-order valence-electron chi connectivity index (χ0n) is 59.5. The molecule has 0 atom stereocenters. The fourth-order valence-electron chi connectivity index (χ4n) is 14.3. The number of benzene rings is 1. The summed E-state index contributed by atoms with van der Waals surface area (Å²) in [6.45, 7) is 17.9. The Morgan fingerprint density at radius 1 is 0.320 bits per heavy atom. The van der Waals surface area contributed by atoms with Crippen LogP contribution in [0.5, 0.6) is 46.0 Å². The van der Waals surface area contributed by atoms with Crippen LogP contribution in [0.2, 0.25) is 0 Å². The van der Waals surface area contributed by atoms with Gasteiger partial charge in [0.1, 0.15) is 52.9 Å². The zero-order valence-corrected chi connectivity index (χ0v) is 67.4. The quantitative estimate of drug-likeness (QED) is 0.0279. The fourth-order valence-corrected chi connectivity index (χ4v) is 22.2. The third-order valence-corrected chi connectivity index (χ3v) is 27.2. The standard InChI is InChI=1S/C82H99N2O8S6.ClH.Pt/c1-7-11-15-19-23-27-34-59-61(36-29-25-21-17-13-9-3)77(97-75(59)79-67-65(53(5)93-79)85-42-44-87-67)81-71-69(89-46-48-91-71)73(95-81)57-38-40-63(83-51-57)55-32-31-33-56(50-55)64-41-39-58(52-84-64)74-70-72(92-49-47-90-70)82(96-74)78-62(37-30-26-22-18-14-10-4)60(35-28-24-20-16-12-8-2)76(98-78)80-68-66(54(6)94-80)86-43-45-88-68;;/h31-33,38-41,51-52H,7-30,34-37,42-49H2,1-6H3;1H;/q-1;;+2/p-1. The number of nitrogens with zero attached hydrogens (tertiary/aromatic N) is 2. The molecule has 13 rings (SSSR count). The molecule has 0 radical (unpaired) electrons. The summed E-state index contributed by atoms with van der Waals surface area (Å²) < 4.78 is 52.3. The molecule has 0 N–H and O–H groups in total. The van der Waals surface area contributed by atoms with Gasteiger partial charge in [0, 0.05) is 44.7 Å². The fraction of sp³-hybridized carbons (Fsp3) is 0.512. The normalized spacial score (nSPS) is 13.7. The molecular weight excluding hydrogens is 1560 g/mol. The van der Waals surface area contributed by atoms with Crippen molar-refractivity contribution >= 4 is 77.4 Å². The van der Waals surface area contributed by atoms with Crippen LogP contribution in [0.3, 0.4) is 0 Å². The van der Waals surface area contributed by atoms with Crippen molar-refractivity contribution in [3.63, 3.8) is 0 Å². The van der Waals surface area contributed by atoms with Gasteiger partial charge in [-0.05, 0) is 87.5 Å². The van der Waals surface area contributed by atoms with E-state index in [0.29, 0.717) is 52.9 Å². The van der Waals surface area contributed by atoms with Crippen LogP contribution < -0.4 is 37.9 Å². The van der Waals surface area contributed by atoms with Gasteiger partial charge in [-0.25, -0.2) is 0 Å². The number of aromatic nitrogens is 2. The number of fused-ring (bicyclic) bond motifs is 4. The number of hydrogen-bond donors (Lipinski definition) is 0. The Bertz CT molecular complexity index is 3830. The van der Waals surface area contributed by atoms with E-state index in [2.05, 4.69) is 99.5 Å². The average molecular weight is 1660 g/mol. The number of hydrogen-bond acceptors (Lipinski definition) is 16. The number of aryl methyl sites for hydroxylation is 2. The summed E-state index contributed by atoms with van der Waals surface area (Å²) in [6.07, 6.45) is 38.3. The summed E-state index contributed by atoms with van der Waals surface area (Å²) >= 11 is 12.7. The van der Waals surface area contributed by atoms with E-state index in [1.807, 2.05) is 57.7 Å². The Morgan fingerprint density at radius 2 is 0.580 bits per heavy atom. The summed E-state index contributed by atoms with van der Waals surface area (Å²) in [7, 11) is 4.61. The van der Waals surface area contributed by atoms with Crippen molar-refractivity contribution in [2.75, 3.05) is 52.9 Å². The first-order chi connectivity index (χ1) is 49.3. The maximum atomic E-state index is 6.73. The van der Waals surface area contributed by atoms with Gasteiger partial charge in [0.15, 0.2) is 46.0 Å². The van der Waals surface area contributed by atoms with Gasteiger partial charge in [-0.2, -0.15) is 0 Å². The Morgan fingerprint density at radius 3 is 0.880 bits per heavy atom. The minimum atomic E-state index is 0.500. The molecule has 0 amide bonds. The molecular formula is C82H99ClN2O8PtS6. The van der Waals surface area contributed by atoms with Gasteiger partial charge < -0.3 is 37.9 Å². The van der Waals surface area contributed by atoms with Crippen LogP contribution in [-0.4, -0.2) is 62.8 Å². The van der Waals surface area contributed by atoms with E-state index < -0.39 is 0 Å². The first-order valence-electron chi connectivity index (χ1n) is 37.4. The molecule has 10 nitrogen and oxygen atoms in total. The summed E-state index contributed by atoms with van der Waals surface area (Å²) in [5.41, 5.74) is 11.4. The maximum absolute atomic E-state index is 6.73. The number of halogens is 1. The molecule has 18 heteroatoms. The molecule has 9 aromatic rings. The molecule has 0 aliphatic carbocycles. The van der Waals surface area contributed by atoms with Crippen molar-refractivity contribution in [3.8, 4) is 128 Å². The molecule has 0 bridgehead atoms. The number of ether oxygens (including phenoxy) is 8. The molecule has 100 heavy (non-hydrogen) atoms. The molecule has 8 aromatic heterocycles. The second-order valence-electron chi connectivity index (χ2n) is 26.8. The van der Waals surface area contributed by atoms with Crippen LogP contribution in [0.15, 0.2) is 54.9 Å². The monoisotopic (exact) mass is 1660 g/mol. The molecule has 0 unspecified atom stereocenters. The van der Waals surface area contributed by atoms with Crippen molar-refractivity contribution in [2.24, 2.45) is 0 Å². The van der Waals surface area contributed by atoms with Gasteiger partial charge in [0.2, 0.25) is 0 Å². The molecule has 0 spiro atoms. The molecule has 1 aromatic carbocycles. The number of pyridine rings is 2. The summed E-state index contributed by atoms with van der Waals surface area (Å²) in [4.78, 5) is 24.8. The average Bonchev–Trinajstić information content (AvgIpc) is 1.59. The van der Waals surface area contributed by atoms with Crippen LogP contribution in [-0.2, 0) is 44.5 Å². The van der Waals surface area contributed by atoms with Crippen molar-refractivity contribution in [3.05, 3.63) is 92.9 Å². The van der Waals surface area contributed by atoms with Gasteiger partial charge in [-0.15, -0.1) is 92.3 Å². The van der Waals surface area contributed by atoms with E-state index in [1.54, 1.807) is 41.4 Å². The van der Waals surface area contributed by atoms with E-state index in [-0.39, 0.29) is 0 Å². The number of rotatable bonds is 36. The Balaban J connectivity index is 0.00000470. The van der Waals surface area contributed by atoms with Crippen LogP contribution in [0, 0.1) is 19.9 Å². The van der Waals surface area contributed by atoms with Crippen LogP contribution in [0.4, 0.5) is 0 Å². The molecule has 538 valence electrons. The summed E-state index contributed by atoms with van der Waals surface area (Å²) in [6, 6.07) is 18.6. The Hall–Kier alpha value is -4.90. The Labute approximate surface area is 634 Å². The van der Waals surface area contributed by atoms with E-state index in [0.717, 1.165) is 138 Å². The van der Waals surface area contributed by atoms with Crippen LogP contribution >= 0.6 is 77.4 Å². The van der Waals surface area contributed by atoms with E-state index >= 15 is 0 Å². The van der Waals surface area contributed by atoms with E-state index in [1.165, 1.54) is 203 Å². The van der Waals surface area contributed by atoms with E-state index in [9.17, 15) is 0 Å². The van der Waals surface area contributed by atoms with Crippen molar-refractivity contribution in [2.45, 2.75) is 221 Å². The van der Waals surface area contributed by atoms with E-state index in [4.69, 9.17) is 47.9 Å². The Kier molecular flexibility index (Phi) is 28.2. The third kappa shape index (κ3) is 17.4. The molecule has 0 saturated carbocycles. The van der Waals surface area contributed by atoms with Crippen molar-refractivity contribution < 1.29 is 56.7 Å². The second-order valence-corrected chi connectivity index (χ2v) is 33.3. The SMILES string of the molecule is CCCCCCCCc1c(-c2sc(C)c3c2OCCO3)sc(-c2sc(-c3ccc(-c4[c-]c(-c5ccc(-c6sc(-c7sc(-c8sc(C)c9c8OCCO9)c(CCCCCCCC)c7CCCCCCCC)c7c6OCCO7)cn5)ccc4)nc3)c3c2OCCO3)c1CCCCCCCC.[Cl][Pt+]. The minimum absolute atomic E-state index is 0.500. The third-order valence-electron chi connectivity index (χ3n) is 19.5. The summed E-state index contributed by atoms with van der Waals surface area (Å²) in [5.74, 6) is 7.04. The molecule has 4 aliphatic rings. The summed E-state index contributed by atoms with van der Waals surface area (Å²) in [5, 5.41) is 0. The van der Waals surface area contributed by atoms with Crippen LogP contribution in [0.1, 0.15) is 214 Å². The van der Waals surface area contributed by atoms with Gasteiger partial charge in [0.25, 0.3) is 0 Å². The van der Waals surface area contributed by atoms with Crippen LogP contribution in [0.25, 0.3) is 82.4 Å². The van der Waals surface area contributed by atoms with Gasteiger partial charge >= 0.3 is 28.2 Å². The molecule has 0 fully saturated rings. The molecule has 12 heterocycles. The van der Waals surface area contributed by atoms with Gasteiger partial charge in [-0.3, -0.25) is 9.97 Å². The van der Waals surface area contributed by atoms with Gasteiger partial charge in [0.05, 0.1) is 48.8 Å². The van der Waals surface area contributed by atoms with Crippen molar-refractivity contribution in [1.29, 1.82) is 0 Å².